The normalized spacial score (nSPS) is 23.9. The van der Waals surface area contributed by atoms with E-state index in [1.807, 2.05) is 0 Å². The number of alkyl halides is 3. The topological polar surface area (TPSA) is 101 Å². The summed E-state index contributed by atoms with van der Waals surface area (Å²) in [6, 6.07) is 2.61. The van der Waals surface area contributed by atoms with Gasteiger partial charge in [0.1, 0.15) is 5.92 Å². The fourth-order valence-electron chi connectivity index (χ4n) is 3.05. The molecule has 2 aliphatic rings. The van der Waals surface area contributed by atoms with Gasteiger partial charge in [0.05, 0.1) is 10.5 Å². The van der Waals surface area contributed by atoms with E-state index in [2.05, 4.69) is 0 Å². The zero-order valence-corrected chi connectivity index (χ0v) is 14.7. The molecule has 0 aromatic heterocycles. The van der Waals surface area contributed by atoms with Gasteiger partial charge in [0.25, 0.3) is 0 Å². The van der Waals surface area contributed by atoms with Gasteiger partial charge in [-0.05, 0) is 18.2 Å². The summed E-state index contributed by atoms with van der Waals surface area (Å²) in [6.07, 6.45) is -4.48. The number of carbonyl (C=O) groups excluding carboxylic acids is 1. The Labute approximate surface area is 152 Å². The number of piperazine rings is 1. The van der Waals surface area contributed by atoms with Crippen LogP contribution in [-0.4, -0.2) is 60.7 Å². The number of carbonyl (C=O) groups is 1. The summed E-state index contributed by atoms with van der Waals surface area (Å²) < 4.78 is 64.6. The average molecular weight is 407 g/mol. The van der Waals surface area contributed by atoms with Crippen molar-refractivity contribution in [3.63, 3.8) is 0 Å². The van der Waals surface area contributed by atoms with Crippen LogP contribution in [0, 0.1) is 16.0 Å². The van der Waals surface area contributed by atoms with Crippen LogP contribution in [0.3, 0.4) is 0 Å². The Kier molecular flexibility index (Phi) is 4.89. The number of sulfonamides is 1. The molecular weight excluding hydrogens is 391 g/mol. The quantitative estimate of drug-likeness (QED) is 0.552. The SMILES string of the molecule is O=C([C@H]1C[C@@H]1[N+](=O)[O-])N1CCN(S(=O)(=O)c2cccc(C(F)(F)F)c2)CC1. The lowest BCUT2D eigenvalue weighted by atomic mass is 10.2. The second-order valence-corrected chi connectivity index (χ2v) is 8.39. The van der Waals surface area contributed by atoms with Crippen molar-refractivity contribution in [2.24, 2.45) is 5.92 Å². The molecule has 27 heavy (non-hydrogen) atoms. The zero-order chi connectivity index (χ0) is 20.0. The van der Waals surface area contributed by atoms with E-state index in [0.717, 1.165) is 22.5 Å². The molecule has 0 bridgehead atoms. The Hall–Kier alpha value is -2.21. The van der Waals surface area contributed by atoms with Gasteiger partial charge >= 0.3 is 6.18 Å². The standard InChI is InChI=1S/C15H16F3N3O5S/c16-15(17,18)10-2-1-3-11(8-10)27(25,26)20-6-4-19(5-7-20)14(22)12-9-13(12)21(23)24/h1-3,8,12-13H,4-7,9H2/t12-,13-/m0/s1. The van der Waals surface area contributed by atoms with Gasteiger partial charge in [-0.1, -0.05) is 6.07 Å². The predicted molar refractivity (Wildman–Crippen MR) is 85.7 cm³/mol. The van der Waals surface area contributed by atoms with Gasteiger partial charge in [0.2, 0.25) is 22.0 Å². The lowest BCUT2D eigenvalue weighted by molar-refractivity contribution is -0.497. The van der Waals surface area contributed by atoms with E-state index in [9.17, 15) is 36.5 Å². The Morgan fingerprint density at radius 2 is 1.81 bits per heavy atom. The van der Waals surface area contributed by atoms with Crippen LogP contribution in [0.4, 0.5) is 13.2 Å². The third kappa shape index (κ3) is 3.90. The van der Waals surface area contributed by atoms with Crippen molar-refractivity contribution in [1.82, 2.24) is 9.21 Å². The van der Waals surface area contributed by atoms with Crippen LogP contribution in [0.15, 0.2) is 29.2 Å². The van der Waals surface area contributed by atoms with Gasteiger partial charge in [0.15, 0.2) is 0 Å². The van der Waals surface area contributed by atoms with Gasteiger partial charge in [-0.25, -0.2) is 8.42 Å². The van der Waals surface area contributed by atoms with Crippen LogP contribution in [0.2, 0.25) is 0 Å². The highest BCUT2D eigenvalue weighted by atomic mass is 32.2. The first-order chi connectivity index (χ1) is 12.5. The molecular formula is C15H16F3N3O5S. The summed E-state index contributed by atoms with van der Waals surface area (Å²) >= 11 is 0. The maximum absolute atomic E-state index is 12.8. The summed E-state index contributed by atoms with van der Waals surface area (Å²) in [5, 5.41) is 10.7. The van der Waals surface area contributed by atoms with E-state index in [-0.39, 0.29) is 38.5 Å². The Morgan fingerprint density at radius 1 is 1.19 bits per heavy atom. The summed E-state index contributed by atoms with van der Waals surface area (Å²) in [5.74, 6) is -1.06. The molecule has 3 rings (SSSR count). The third-order valence-corrected chi connectivity index (χ3v) is 6.59. The van der Waals surface area contributed by atoms with Crippen molar-refractivity contribution in [3.05, 3.63) is 39.9 Å². The lowest BCUT2D eigenvalue weighted by Gasteiger charge is -2.34. The Bertz CT molecular complexity index is 866. The fraction of sp³-hybridized carbons (Fsp3) is 0.533. The first-order valence-corrected chi connectivity index (χ1v) is 9.55. The summed E-state index contributed by atoms with van der Waals surface area (Å²) in [6.45, 7) is -0.0870. The molecule has 8 nitrogen and oxygen atoms in total. The molecule has 148 valence electrons. The second-order valence-electron chi connectivity index (χ2n) is 6.45. The summed E-state index contributed by atoms with van der Waals surface area (Å²) in [4.78, 5) is 23.2. The molecule has 1 saturated heterocycles. The molecule has 12 heteroatoms. The van der Waals surface area contributed by atoms with Gasteiger partial charge < -0.3 is 4.90 Å². The van der Waals surface area contributed by atoms with Crippen molar-refractivity contribution in [2.75, 3.05) is 26.2 Å². The second kappa shape index (κ2) is 6.75. The number of hydrogen-bond acceptors (Lipinski definition) is 5. The van der Waals surface area contributed by atoms with E-state index in [1.165, 1.54) is 4.90 Å². The number of benzene rings is 1. The smallest absolute Gasteiger partial charge is 0.340 e. The van der Waals surface area contributed by atoms with Gasteiger partial charge in [-0.15, -0.1) is 0 Å². The van der Waals surface area contributed by atoms with Gasteiger partial charge in [-0.2, -0.15) is 17.5 Å². The monoisotopic (exact) mass is 407 g/mol. The molecule has 0 radical (unpaired) electrons. The maximum atomic E-state index is 12.8. The minimum atomic E-state index is -4.66. The molecule has 1 aliphatic heterocycles. The maximum Gasteiger partial charge on any atom is 0.416 e. The number of halogens is 3. The number of rotatable bonds is 4. The van der Waals surface area contributed by atoms with Crippen LogP contribution < -0.4 is 0 Å². The molecule has 1 aromatic rings. The van der Waals surface area contributed by atoms with Crippen LogP contribution in [0.25, 0.3) is 0 Å². The molecule has 1 aliphatic carbocycles. The zero-order valence-electron chi connectivity index (χ0n) is 13.9. The van der Waals surface area contributed by atoms with Crippen molar-refractivity contribution >= 4 is 15.9 Å². The van der Waals surface area contributed by atoms with Crippen molar-refractivity contribution in [2.45, 2.75) is 23.5 Å². The van der Waals surface area contributed by atoms with Gasteiger partial charge in [0, 0.05) is 37.5 Å². The van der Waals surface area contributed by atoms with E-state index < -0.39 is 43.5 Å². The average Bonchev–Trinajstić information content (AvgIpc) is 3.41. The molecule has 1 saturated carbocycles. The first kappa shape index (κ1) is 19.5. The number of hydrogen-bond donors (Lipinski definition) is 0. The van der Waals surface area contributed by atoms with Crippen LogP contribution in [-0.2, 0) is 21.0 Å². The summed E-state index contributed by atoms with van der Waals surface area (Å²) in [5.41, 5.74) is -1.06. The minimum Gasteiger partial charge on any atom is -0.340 e. The fourth-order valence-corrected chi connectivity index (χ4v) is 4.51. The van der Waals surface area contributed by atoms with Crippen molar-refractivity contribution < 1.29 is 31.3 Å². The molecule has 0 spiro atoms. The molecule has 0 unspecified atom stereocenters. The molecule has 1 heterocycles. The number of nitrogens with zero attached hydrogens (tertiary/aromatic N) is 3. The Balaban J connectivity index is 1.67. The third-order valence-electron chi connectivity index (χ3n) is 4.69. The van der Waals surface area contributed by atoms with Gasteiger partial charge in [-0.3, -0.25) is 14.9 Å². The van der Waals surface area contributed by atoms with Crippen molar-refractivity contribution in [1.29, 1.82) is 0 Å². The molecule has 0 N–H and O–H groups in total. The number of nitro groups is 1. The highest BCUT2D eigenvalue weighted by molar-refractivity contribution is 7.89. The number of amides is 1. The minimum absolute atomic E-state index is 0.0396. The molecule has 1 aromatic carbocycles. The summed E-state index contributed by atoms with van der Waals surface area (Å²) in [7, 11) is -4.14. The van der Waals surface area contributed by atoms with Crippen molar-refractivity contribution in [3.8, 4) is 0 Å². The van der Waals surface area contributed by atoms with E-state index in [0.29, 0.717) is 6.07 Å². The van der Waals surface area contributed by atoms with E-state index in [4.69, 9.17) is 0 Å². The molecule has 1 amide bonds. The van der Waals surface area contributed by atoms with Crippen LogP contribution in [0.1, 0.15) is 12.0 Å². The van der Waals surface area contributed by atoms with E-state index in [1.54, 1.807) is 0 Å². The molecule has 2 fully saturated rings. The highest BCUT2D eigenvalue weighted by Crippen LogP contribution is 2.35. The highest BCUT2D eigenvalue weighted by Gasteiger charge is 2.54. The predicted octanol–water partition coefficient (Wildman–Crippen LogP) is 1.20. The van der Waals surface area contributed by atoms with Crippen LogP contribution in [0.5, 0.6) is 0 Å². The van der Waals surface area contributed by atoms with E-state index >= 15 is 0 Å². The largest absolute Gasteiger partial charge is 0.416 e. The lowest BCUT2D eigenvalue weighted by Crippen LogP contribution is -2.51. The Morgan fingerprint density at radius 3 is 2.33 bits per heavy atom. The molecule has 2 atom stereocenters. The van der Waals surface area contributed by atoms with Crippen LogP contribution >= 0.6 is 0 Å². The first-order valence-electron chi connectivity index (χ1n) is 8.11.